The number of alkyl halides is 3. The van der Waals surface area contributed by atoms with Gasteiger partial charge in [-0.05, 0) is 6.92 Å². The van der Waals surface area contributed by atoms with E-state index in [2.05, 4.69) is 9.73 Å². The van der Waals surface area contributed by atoms with E-state index in [1.54, 1.807) is 0 Å². The van der Waals surface area contributed by atoms with E-state index in [1.165, 1.54) is 6.92 Å². The second-order valence-corrected chi connectivity index (χ2v) is 3.79. The summed E-state index contributed by atoms with van der Waals surface area (Å²) in [5.41, 5.74) is 3.27. The normalized spacial score (nSPS) is 23.5. The number of nitrogens with zero attached hydrogens (tertiary/aromatic N) is 1. The first-order valence-electron chi connectivity index (χ1n) is 4.67. The summed E-state index contributed by atoms with van der Waals surface area (Å²) in [6.07, 6.45) is -4.39. The minimum atomic E-state index is -4.72. The Labute approximate surface area is 100 Å². The molecule has 1 unspecified atom stereocenters. The lowest BCUT2D eigenvalue weighted by Crippen LogP contribution is -2.23. The van der Waals surface area contributed by atoms with Crippen molar-refractivity contribution >= 4 is 23.3 Å². The third kappa shape index (κ3) is 3.36. The van der Waals surface area contributed by atoms with Crippen molar-refractivity contribution in [2.24, 2.45) is 10.7 Å². The van der Waals surface area contributed by atoms with Crippen molar-refractivity contribution < 1.29 is 22.7 Å². The van der Waals surface area contributed by atoms with Gasteiger partial charge in [0.15, 0.2) is 6.04 Å². The van der Waals surface area contributed by atoms with Crippen LogP contribution in [-0.4, -0.2) is 30.5 Å². The molecule has 1 heterocycles. The van der Waals surface area contributed by atoms with E-state index in [9.17, 15) is 18.0 Å². The zero-order valence-electron chi connectivity index (χ0n) is 8.84. The fraction of sp³-hybridized carbons (Fsp3) is 0.556. The van der Waals surface area contributed by atoms with E-state index in [4.69, 9.17) is 17.3 Å². The fourth-order valence-electron chi connectivity index (χ4n) is 1.21. The molecule has 0 bridgehead atoms. The highest BCUT2D eigenvalue weighted by atomic mass is 35.5. The molecule has 96 valence electrons. The number of carbonyl (C=O) groups is 1. The van der Waals surface area contributed by atoms with E-state index in [0.717, 1.165) is 0 Å². The second kappa shape index (κ2) is 4.95. The third-order valence-electron chi connectivity index (χ3n) is 2.12. The van der Waals surface area contributed by atoms with E-state index in [1.807, 2.05) is 0 Å². The van der Waals surface area contributed by atoms with Crippen molar-refractivity contribution in [1.82, 2.24) is 0 Å². The maximum absolute atomic E-state index is 12.2. The minimum Gasteiger partial charge on any atom is -0.464 e. The number of aliphatic imine (C=N–C) groups is 1. The number of halogens is 4. The number of ether oxygens (including phenoxy) is 1. The zero-order chi connectivity index (χ0) is 13.2. The number of hydrogen-bond donors (Lipinski definition) is 1. The largest absolute Gasteiger partial charge is 0.464 e. The lowest BCUT2D eigenvalue weighted by molar-refractivity contribution is -0.138. The molecule has 4 nitrogen and oxygen atoms in total. The van der Waals surface area contributed by atoms with Gasteiger partial charge < -0.3 is 10.5 Å². The molecule has 0 aliphatic carbocycles. The first-order chi connectivity index (χ1) is 7.73. The highest BCUT2D eigenvalue weighted by Crippen LogP contribution is 2.26. The van der Waals surface area contributed by atoms with Crippen LogP contribution in [0, 0.1) is 0 Å². The Hall–Kier alpha value is -1.24. The lowest BCUT2D eigenvalue weighted by Gasteiger charge is -2.10. The number of nitrogens with two attached hydrogens (primary N) is 1. The number of hydrogen-bond acceptors (Lipinski definition) is 4. The van der Waals surface area contributed by atoms with Gasteiger partial charge in [-0.1, -0.05) is 11.6 Å². The van der Waals surface area contributed by atoms with Gasteiger partial charge in [0.1, 0.15) is 5.70 Å². The average molecular weight is 271 g/mol. The van der Waals surface area contributed by atoms with Crippen molar-refractivity contribution in [2.75, 3.05) is 6.61 Å². The predicted molar refractivity (Wildman–Crippen MR) is 55.6 cm³/mol. The van der Waals surface area contributed by atoms with Crippen LogP contribution in [0.4, 0.5) is 13.2 Å². The van der Waals surface area contributed by atoms with Crippen LogP contribution in [0.2, 0.25) is 0 Å². The first kappa shape index (κ1) is 13.8. The standard InChI is InChI=1S/C9H10ClF3N2O2/c1-4(6(10)7(14)9(11,12)13)15-5-2-3-17-8(5)16/h5H,2-3,14H2,1H3. The molecule has 0 aromatic heterocycles. The van der Waals surface area contributed by atoms with Crippen LogP contribution in [-0.2, 0) is 9.53 Å². The molecule has 1 aliphatic rings. The zero-order valence-corrected chi connectivity index (χ0v) is 9.60. The molecule has 0 aromatic carbocycles. The Morgan fingerprint density at radius 3 is 2.59 bits per heavy atom. The van der Waals surface area contributed by atoms with Gasteiger partial charge in [-0.15, -0.1) is 0 Å². The summed E-state index contributed by atoms with van der Waals surface area (Å²) in [6, 6.07) is -0.801. The summed E-state index contributed by atoms with van der Waals surface area (Å²) in [6.45, 7) is 1.46. The summed E-state index contributed by atoms with van der Waals surface area (Å²) >= 11 is 5.44. The highest BCUT2D eigenvalue weighted by Gasteiger charge is 2.35. The maximum atomic E-state index is 12.2. The van der Waals surface area contributed by atoms with Gasteiger partial charge in [0.2, 0.25) is 0 Å². The van der Waals surface area contributed by atoms with E-state index in [-0.39, 0.29) is 12.3 Å². The Morgan fingerprint density at radius 2 is 2.18 bits per heavy atom. The molecule has 17 heavy (non-hydrogen) atoms. The van der Waals surface area contributed by atoms with Gasteiger partial charge in [-0.3, -0.25) is 4.99 Å². The molecular weight excluding hydrogens is 261 g/mol. The van der Waals surface area contributed by atoms with Gasteiger partial charge in [0.05, 0.1) is 17.4 Å². The molecule has 0 amide bonds. The molecule has 1 aliphatic heterocycles. The lowest BCUT2D eigenvalue weighted by atomic mass is 10.2. The molecule has 1 fully saturated rings. The maximum Gasteiger partial charge on any atom is 0.432 e. The van der Waals surface area contributed by atoms with Gasteiger partial charge in [-0.25, -0.2) is 4.79 Å². The van der Waals surface area contributed by atoms with Crippen LogP contribution >= 0.6 is 11.6 Å². The van der Waals surface area contributed by atoms with Gasteiger partial charge in [-0.2, -0.15) is 13.2 Å². The van der Waals surface area contributed by atoms with Crippen molar-refractivity contribution in [3.63, 3.8) is 0 Å². The highest BCUT2D eigenvalue weighted by molar-refractivity contribution is 6.43. The molecule has 1 saturated heterocycles. The molecule has 0 saturated carbocycles. The second-order valence-electron chi connectivity index (χ2n) is 3.41. The van der Waals surface area contributed by atoms with Gasteiger partial charge in [0, 0.05) is 6.42 Å². The number of allylic oxidation sites excluding steroid dienone is 2. The predicted octanol–water partition coefficient (Wildman–Crippen LogP) is 1.73. The van der Waals surface area contributed by atoms with Gasteiger partial charge >= 0.3 is 12.1 Å². The minimum absolute atomic E-state index is 0.134. The summed E-state index contributed by atoms with van der Waals surface area (Å²) in [7, 11) is 0. The number of cyclic esters (lactones) is 1. The molecule has 1 rings (SSSR count). The first-order valence-corrected chi connectivity index (χ1v) is 5.05. The molecule has 2 N–H and O–H groups in total. The van der Waals surface area contributed by atoms with Crippen LogP contribution in [0.25, 0.3) is 0 Å². The third-order valence-corrected chi connectivity index (χ3v) is 2.59. The quantitative estimate of drug-likeness (QED) is 0.614. The molecule has 1 atom stereocenters. The molecule has 0 radical (unpaired) electrons. The summed E-state index contributed by atoms with van der Waals surface area (Å²) < 4.78 is 41.3. The Balaban J connectivity index is 2.93. The van der Waals surface area contributed by atoms with E-state index >= 15 is 0 Å². The van der Waals surface area contributed by atoms with Crippen molar-refractivity contribution in [2.45, 2.75) is 25.6 Å². The van der Waals surface area contributed by atoms with Crippen LogP contribution in [0.1, 0.15) is 13.3 Å². The van der Waals surface area contributed by atoms with E-state index < -0.39 is 28.9 Å². The van der Waals surface area contributed by atoms with Crippen molar-refractivity contribution in [1.29, 1.82) is 0 Å². The van der Waals surface area contributed by atoms with Crippen LogP contribution in [0.15, 0.2) is 15.7 Å². The van der Waals surface area contributed by atoms with Crippen LogP contribution in [0.5, 0.6) is 0 Å². The van der Waals surface area contributed by atoms with Crippen molar-refractivity contribution in [3.8, 4) is 0 Å². The Bertz CT molecular complexity index is 390. The summed E-state index contributed by atoms with van der Waals surface area (Å²) in [5, 5.41) is -0.697. The molecule has 0 spiro atoms. The number of esters is 1. The van der Waals surface area contributed by atoms with Crippen molar-refractivity contribution in [3.05, 3.63) is 10.7 Å². The smallest absolute Gasteiger partial charge is 0.432 e. The summed E-state index contributed by atoms with van der Waals surface area (Å²) in [4.78, 5) is 14.8. The van der Waals surface area contributed by atoms with Gasteiger partial charge in [0.25, 0.3) is 0 Å². The monoisotopic (exact) mass is 270 g/mol. The van der Waals surface area contributed by atoms with Crippen LogP contribution < -0.4 is 5.73 Å². The Kier molecular flexibility index (Phi) is 4.03. The summed E-state index contributed by atoms with van der Waals surface area (Å²) in [5.74, 6) is -0.570. The fourth-order valence-corrected chi connectivity index (χ4v) is 1.37. The average Bonchev–Trinajstić information content (AvgIpc) is 2.61. The number of rotatable bonds is 2. The SMILES string of the molecule is CC(=NC1CCOC1=O)C(Cl)=C(N)C(F)(F)F. The topological polar surface area (TPSA) is 64.7 Å². The van der Waals surface area contributed by atoms with E-state index in [0.29, 0.717) is 6.42 Å². The molecular formula is C9H10ClF3N2O2. The Morgan fingerprint density at radius 1 is 1.59 bits per heavy atom. The van der Waals surface area contributed by atoms with Crippen LogP contribution in [0.3, 0.4) is 0 Å². The molecule has 8 heteroatoms. The number of carbonyl (C=O) groups excluding carboxylic acids is 1. The molecule has 0 aromatic rings.